The third-order valence-electron chi connectivity index (χ3n) is 4.28. The molecule has 1 N–H and O–H groups in total. The van der Waals surface area contributed by atoms with E-state index in [1.54, 1.807) is 0 Å². The normalized spacial score (nSPS) is 23.8. The number of carbonyl (C=O) groups is 1. The zero-order chi connectivity index (χ0) is 14.1. The number of aryl methyl sites for hydroxylation is 1. The lowest BCUT2D eigenvalue weighted by molar-refractivity contribution is -0.118. The summed E-state index contributed by atoms with van der Waals surface area (Å²) >= 11 is 0. The molecule has 1 aromatic rings. The molecule has 1 fully saturated rings. The van der Waals surface area contributed by atoms with Gasteiger partial charge < -0.3 is 14.7 Å². The van der Waals surface area contributed by atoms with E-state index in [9.17, 15) is 9.90 Å². The summed E-state index contributed by atoms with van der Waals surface area (Å²) < 4.78 is 5.56. The Morgan fingerprint density at radius 2 is 2.30 bits per heavy atom. The first-order chi connectivity index (χ1) is 9.70. The van der Waals surface area contributed by atoms with Crippen LogP contribution in [0, 0.1) is 0 Å². The molecule has 20 heavy (non-hydrogen) atoms. The number of anilines is 1. The van der Waals surface area contributed by atoms with Gasteiger partial charge in [-0.15, -0.1) is 0 Å². The average molecular weight is 275 g/mol. The van der Waals surface area contributed by atoms with Gasteiger partial charge in [0, 0.05) is 25.3 Å². The maximum Gasteiger partial charge on any atom is 0.227 e. The van der Waals surface area contributed by atoms with Gasteiger partial charge in [0.1, 0.15) is 6.10 Å². The molecule has 1 saturated heterocycles. The largest absolute Gasteiger partial charge is 0.386 e. The molecule has 2 heterocycles. The SMILES string of the molecule is CCN1C(=O)CCc2cc(C(O)C3CCCO3)ccc21. The Kier molecular flexibility index (Phi) is 3.76. The van der Waals surface area contributed by atoms with Gasteiger partial charge in [0.2, 0.25) is 5.91 Å². The van der Waals surface area contributed by atoms with Gasteiger partial charge in [0.15, 0.2) is 0 Å². The molecule has 1 amide bonds. The summed E-state index contributed by atoms with van der Waals surface area (Å²) in [5.74, 6) is 0.187. The molecular weight excluding hydrogens is 254 g/mol. The molecule has 4 heteroatoms. The van der Waals surface area contributed by atoms with Crippen LogP contribution in [-0.2, 0) is 16.0 Å². The second-order valence-electron chi connectivity index (χ2n) is 5.52. The summed E-state index contributed by atoms with van der Waals surface area (Å²) in [6, 6.07) is 5.92. The molecule has 0 saturated carbocycles. The predicted molar refractivity (Wildman–Crippen MR) is 76.7 cm³/mol. The standard InChI is InChI=1S/C16H21NO3/c1-2-17-13-7-5-12(10-11(13)6-8-15(17)18)16(19)14-4-3-9-20-14/h5,7,10,14,16,19H,2-4,6,8-9H2,1H3. The van der Waals surface area contributed by atoms with Crippen LogP contribution in [0.3, 0.4) is 0 Å². The number of hydrogen-bond donors (Lipinski definition) is 1. The van der Waals surface area contributed by atoms with Crippen LogP contribution in [0.25, 0.3) is 0 Å². The topological polar surface area (TPSA) is 49.8 Å². The highest BCUT2D eigenvalue weighted by atomic mass is 16.5. The molecule has 2 aliphatic heterocycles. The van der Waals surface area contributed by atoms with Crippen LogP contribution in [0.5, 0.6) is 0 Å². The molecule has 2 atom stereocenters. The predicted octanol–water partition coefficient (Wildman–Crippen LogP) is 2.20. The number of benzene rings is 1. The first-order valence-electron chi connectivity index (χ1n) is 7.43. The number of aliphatic hydroxyl groups excluding tert-OH is 1. The Hall–Kier alpha value is -1.39. The fraction of sp³-hybridized carbons (Fsp3) is 0.562. The number of aliphatic hydroxyl groups is 1. The molecule has 0 spiro atoms. The molecule has 3 rings (SSSR count). The molecule has 0 bridgehead atoms. The monoisotopic (exact) mass is 275 g/mol. The Bertz CT molecular complexity index is 508. The van der Waals surface area contributed by atoms with Crippen molar-refractivity contribution in [1.29, 1.82) is 0 Å². The third-order valence-corrected chi connectivity index (χ3v) is 4.28. The molecule has 108 valence electrons. The van der Waals surface area contributed by atoms with Crippen molar-refractivity contribution in [2.24, 2.45) is 0 Å². The van der Waals surface area contributed by atoms with Gasteiger partial charge in [-0.05, 0) is 43.4 Å². The molecule has 1 aromatic carbocycles. The van der Waals surface area contributed by atoms with Crippen molar-refractivity contribution in [3.05, 3.63) is 29.3 Å². The van der Waals surface area contributed by atoms with Crippen molar-refractivity contribution in [3.8, 4) is 0 Å². The van der Waals surface area contributed by atoms with E-state index in [1.165, 1.54) is 0 Å². The second kappa shape index (κ2) is 5.54. The van der Waals surface area contributed by atoms with E-state index in [0.29, 0.717) is 13.0 Å². The van der Waals surface area contributed by atoms with Crippen LogP contribution >= 0.6 is 0 Å². The van der Waals surface area contributed by atoms with Crippen LogP contribution in [0.15, 0.2) is 18.2 Å². The van der Waals surface area contributed by atoms with Crippen LogP contribution < -0.4 is 4.90 Å². The number of nitrogens with zero attached hydrogens (tertiary/aromatic N) is 1. The molecule has 2 aliphatic rings. The zero-order valence-electron chi connectivity index (χ0n) is 11.8. The summed E-state index contributed by atoms with van der Waals surface area (Å²) in [5, 5.41) is 10.4. The average Bonchev–Trinajstić information content (AvgIpc) is 3.00. The van der Waals surface area contributed by atoms with Crippen LogP contribution in [-0.4, -0.2) is 30.3 Å². The molecule has 0 radical (unpaired) electrons. The van der Waals surface area contributed by atoms with Gasteiger partial charge in [0.25, 0.3) is 0 Å². The Balaban J connectivity index is 1.87. The Labute approximate surface area is 119 Å². The lowest BCUT2D eigenvalue weighted by Gasteiger charge is -2.29. The summed E-state index contributed by atoms with van der Waals surface area (Å²) in [4.78, 5) is 13.7. The second-order valence-corrected chi connectivity index (χ2v) is 5.52. The van der Waals surface area contributed by atoms with Crippen molar-refractivity contribution in [2.45, 2.75) is 44.8 Å². The van der Waals surface area contributed by atoms with Crippen LogP contribution in [0.1, 0.15) is 43.4 Å². The molecule has 4 nitrogen and oxygen atoms in total. The van der Waals surface area contributed by atoms with Gasteiger partial charge in [-0.25, -0.2) is 0 Å². The van der Waals surface area contributed by atoms with E-state index in [0.717, 1.165) is 42.7 Å². The summed E-state index contributed by atoms with van der Waals surface area (Å²) in [6.45, 7) is 3.42. The van der Waals surface area contributed by atoms with Crippen molar-refractivity contribution in [3.63, 3.8) is 0 Å². The van der Waals surface area contributed by atoms with Crippen LogP contribution in [0.2, 0.25) is 0 Å². The van der Waals surface area contributed by atoms with E-state index < -0.39 is 6.10 Å². The molecule has 0 aliphatic carbocycles. The van der Waals surface area contributed by atoms with Crippen molar-refractivity contribution >= 4 is 11.6 Å². The van der Waals surface area contributed by atoms with E-state index in [-0.39, 0.29) is 12.0 Å². The summed E-state index contributed by atoms with van der Waals surface area (Å²) in [5.41, 5.74) is 3.05. The number of rotatable bonds is 3. The van der Waals surface area contributed by atoms with E-state index in [4.69, 9.17) is 4.74 Å². The van der Waals surface area contributed by atoms with Gasteiger partial charge >= 0.3 is 0 Å². The fourth-order valence-corrected chi connectivity index (χ4v) is 3.18. The van der Waals surface area contributed by atoms with Crippen LogP contribution in [0.4, 0.5) is 5.69 Å². The molecule has 2 unspecified atom stereocenters. The zero-order valence-corrected chi connectivity index (χ0v) is 11.8. The Morgan fingerprint density at radius 3 is 3.00 bits per heavy atom. The number of amides is 1. The van der Waals surface area contributed by atoms with E-state index >= 15 is 0 Å². The minimum absolute atomic E-state index is 0.0828. The first-order valence-corrected chi connectivity index (χ1v) is 7.43. The minimum atomic E-state index is -0.560. The number of fused-ring (bicyclic) bond motifs is 1. The smallest absolute Gasteiger partial charge is 0.227 e. The highest BCUT2D eigenvalue weighted by Gasteiger charge is 2.28. The highest BCUT2D eigenvalue weighted by molar-refractivity contribution is 5.96. The maximum absolute atomic E-state index is 11.9. The quantitative estimate of drug-likeness (QED) is 0.920. The fourth-order valence-electron chi connectivity index (χ4n) is 3.18. The Morgan fingerprint density at radius 1 is 1.45 bits per heavy atom. The lowest BCUT2D eigenvalue weighted by Crippen LogP contribution is -2.34. The summed E-state index contributed by atoms with van der Waals surface area (Å²) in [7, 11) is 0. The van der Waals surface area contributed by atoms with Gasteiger partial charge in [0.05, 0.1) is 6.10 Å². The first kappa shape index (κ1) is 13.6. The summed E-state index contributed by atoms with van der Waals surface area (Å²) in [6.07, 6.45) is 2.61. The molecular formula is C16H21NO3. The van der Waals surface area contributed by atoms with Gasteiger partial charge in [-0.1, -0.05) is 12.1 Å². The van der Waals surface area contributed by atoms with Gasteiger partial charge in [-0.3, -0.25) is 4.79 Å². The molecule has 0 aromatic heterocycles. The minimum Gasteiger partial charge on any atom is -0.386 e. The van der Waals surface area contributed by atoms with Crippen molar-refractivity contribution in [1.82, 2.24) is 0 Å². The number of carbonyl (C=O) groups excluding carboxylic acids is 1. The highest BCUT2D eigenvalue weighted by Crippen LogP contribution is 2.33. The van der Waals surface area contributed by atoms with Crippen molar-refractivity contribution in [2.75, 3.05) is 18.1 Å². The number of hydrogen-bond acceptors (Lipinski definition) is 3. The third kappa shape index (κ3) is 2.34. The maximum atomic E-state index is 11.9. The number of ether oxygens (including phenoxy) is 1. The van der Waals surface area contributed by atoms with E-state index in [2.05, 4.69) is 0 Å². The van der Waals surface area contributed by atoms with Crippen molar-refractivity contribution < 1.29 is 14.6 Å². The lowest BCUT2D eigenvalue weighted by atomic mass is 9.94. The van der Waals surface area contributed by atoms with E-state index in [1.807, 2.05) is 30.0 Å². The van der Waals surface area contributed by atoms with Gasteiger partial charge in [-0.2, -0.15) is 0 Å².